The van der Waals surface area contributed by atoms with E-state index in [2.05, 4.69) is 23.4 Å². The Kier molecular flexibility index (Phi) is 7.09. The van der Waals surface area contributed by atoms with E-state index in [1.54, 1.807) is 6.07 Å². The van der Waals surface area contributed by atoms with Gasteiger partial charge in [0.1, 0.15) is 31.8 Å². The summed E-state index contributed by atoms with van der Waals surface area (Å²) in [5.41, 5.74) is 3.47. The van der Waals surface area contributed by atoms with Crippen LogP contribution in [-0.4, -0.2) is 19.4 Å². The first kappa shape index (κ1) is 19.8. The Hall–Kier alpha value is -3.96. The molecule has 0 saturated heterocycles. The van der Waals surface area contributed by atoms with Crippen LogP contribution in [0.2, 0.25) is 0 Å². The van der Waals surface area contributed by atoms with Crippen molar-refractivity contribution in [2.45, 2.75) is 13.0 Å². The molecule has 0 aliphatic heterocycles. The van der Waals surface area contributed by atoms with Gasteiger partial charge in [0, 0.05) is 11.1 Å². The van der Waals surface area contributed by atoms with Gasteiger partial charge in [0.25, 0.3) is 0 Å². The molecular formula is C24H20N2O3. The number of ether oxygens (including phenoxy) is 2. The van der Waals surface area contributed by atoms with E-state index < -0.39 is 0 Å². The molecule has 0 radical (unpaired) electrons. The molecule has 0 aliphatic carbocycles. The predicted octanol–water partition coefficient (Wildman–Crippen LogP) is 4.36. The Morgan fingerprint density at radius 2 is 1.76 bits per heavy atom. The highest BCUT2D eigenvalue weighted by molar-refractivity contribution is 6.01. The van der Waals surface area contributed by atoms with E-state index in [1.165, 1.54) is 7.11 Å². The van der Waals surface area contributed by atoms with Gasteiger partial charge in [-0.05, 0) is 35.9 Å². The van der Waals surface area contributed by atoms with Gasteiger partial charge in [-0.1, -0.05) is 53.7 Å². The molecule has 0 aromatic heterocycles. The van der Waals surface area contributed by atoms with Crippen LogP contribution in [0, 0.1) is 23.5 Å². The Bertz CT molecular complexity index is 960. The van der Waals surface area contributed by atoms with Gasteiger partial charge < -0.3 is 14.3 Å². The summed E-state index contributed by atoms with van der Waals surface area (Å²) in [6.07, 6.45) is 0.319. The molecular weight excluding hydrogens is 364 g/mol. The van der Waals surface area contributed by atoms with Gasteiger partial charge in [-0.25, -0.2) is 0 Å². The third kappa shape index (κ3) is 6.02. The standard InChI is InChI=1S/C24H20N2O3/c1-27-26-24(21-5-3-2-4-6-21)18-29-23-13-9-20(10-14-23)17-28-22-11-7-19(8-12-22)15-16-25/h2-7,9-11,13-14H,15,17-18H2,1H3. The fraction of sp³-hybridized carbons (Fsp3) is 0.167. The third-order valence-electron chi connectivity index (χ3n) is 4.05. The van der Waals surface area contributed by atoms with Crippen LogP contribution in [0.15, 0.2) is 71.9 Å². The van der Waals surface area contributed by atoms with Gasteiger partial charge in [0.15, 0.2) is 5.75 Å². The second-order valence-electron chi connectivity index (χ2n) is 6.12. The summed E-state index contributed by atoms with van der Waals surface area (Å²) in [5, 5.41) is 12.7. The maximum Gasteiger partial charge on any atom is 0.170 e. The Morgan fingerprint density at radius 3 is 2.41 bits per heavy atom. The van der Waals surface area contributed by atoms with E-state index in [0.717, 1.165) is 22.4 Å². The topological polar surface area (TPSA) is 63.8 Å². The van der Waals surface area contributed by atoms with Crippen molar-refractivity contribution in [1.82, 2.24) is 0 Å². The molecule has 3 rings (SSSR count). The lowest BCUT2D eigenvalue weighted by Crippen LogP contribution is -2.13. The number of nitriles is 1. The summed E-state index contributed by atoms with van der Waals surface area (Å²) in [6, 6.07) is 29.0. The number of hydrogen-bond acceptors (Lipinski definition) is 5. The molecule has 144 valence electrons. The summed E-state index contributed by atoms with van der Waals surface area (Å²) < 4.78 is 11.5. The summed E-state index contributed by atoms with van der Waals surface area (Å²) in [4.78, 5) is 4.93. The Balaban J connectivity index is 1.53. The van der Waals surface area contributed by atoms with Crippen molar-refractivity contribution >= 4 is 5.71 Å². The van der Waals surface area contributed by atoms with Gasteiger partial charge >= 0.3 is 0 Å². The van der Waals surface area contributed by atoms with Crippen LogP contribution in [0.5, 0.6) is 11.5 Å². The minimum Gasteiger partial charge on any atom is -0.487 e. The highest BCUT2D eigenvalue weighted by Gasteiger charge is 2.06. The molecule has 0 atom stereocenters. The van der Waals surface area contributed by atoms with Crippen LogP contribution >= 0.6 is 0 Å². The maximum atomic E-state index is 8.68. The van der Waals surface area contributed by atoms with Crippen LogP contribution in [0.4, 0.5) is 0 Å². The first-order valence-electron chi connectivity index (χ1n) is 9.08. The van der Waals surface area contributed by atoms with Gasteiger partial charge in [-0.3, -0.25) is 0 Å². The van der Waals surface area contributed by atoms with Gasteiger partial charge in [-0.15, -0.1) is 0 Å². The number of rotatable bonds is 9. The minimum absolute atomic E-state index is 0.299. The van der Waals surface area contributed by atoms with Crippen LogP contribution in [0.3, 0.4) is 0 Å². The molecule has 0 bridgehead atoms. The van der Waals surface area contributed by atoms with Gasteiger partial charge in [0.05, 0.1) is 12.5 Å². The number of hydrogen-bond donors (Lipinski definition) is 0. The molecule has 29 heavy (non-hydrogen) atoms. The Labute approximate surface area is 170 Å². The van der Waals surface area contributed by atoms with Crippen LogP contribution in [0.25, 0.3) is 0 Å². The third-order valence-corrected chi connectivity index (χ3v) is 4.05. The SMILES string of the molecule is CON=C(COc1ccc(COc2c#cc(CC#N)cc2)cc1)c1ccccc1. The van der Waals surface area contributed by atoms with E-state index >= 15 is 0 Å². The van der Waals surface area contributed by atoms with Gasteiger partial charge in [0.2, 0.25) is 0 Å². The summed E-state index contributed by atoms with van der Waals surface area (Å²) in [7, 11) is 1.52. The van der Waals surface area contributed by atoms with E-state index in [9.17, 15) is 0 Å². The molecule has 0 saturated carbocycles. The quantitative estimate of drug-likeness (QED) is 0.406. The zero-order valence-electron chi connectivity index (χ0n) is 16.1. The second kappa shape index (κ2) is 10.4. The predicted molar refractivity (Wildman–Crippen MR) is 110 cm³/mol. The molecule has 3 aromatic rings. The maximum absolute atomic E-state index is 8.68. The smallest absolute Gasteiger partial charge is 0.170 e. The number of oxime groups is 1. The average Bonchev–Trinajstić information content (AvgIpc) is 2.78. The lowest BCUT2D eigenvalue weighted by atomic mass is 10.1. The van der Waals surface area contributed by atoms with Gasteiger partial charge in [-0.2, -0.15) is 5.26 Å². The molecule has 0 aliphatic rings. The van der Waals surface area contributed by atoms with Crippen molar-refractivity contribution in [3.8, 4) is 17.6 Å². The molecule has 0 amide bonds. The molecule has 5 nitrogen and oxygen atoms in total. The van der Waals surface area contributed by atoms with Crippen LogP contribution in [0.1, 0.15) is 16.7 Å². The monoisotopic (exact) mass is 384 g/mol. The zero-order chi connectivity index (χ0) is 20.3. The molecule has 0 fully saturated rings. The second-order valence-corrected chi connectivity index (χ2v) is 6.12. The van der Waals surface area contributed by atoms with Crippen LogP contribution in [-0.2, 0) is 17.9 Å². The number of benzene rings is 2. The molecule has 3 aromatic carbocycles. The lowest BCUT2D eigenvalue weighted by molar-refractivity contribution is 0.210. The fourth-order valence-corrected chi connectivity index (χ4v) is 2.57. The van der Waals surface area contributed by atoms with E-state index in [1.807, 2.05) is 60.7 Å². The Morgan fingerprint density at radius 1 is 0.966 bits per heavy atom. The first-order valence-corrected chi connectivity index (χ1v) is 9.08. The van der Waals surface area contributed by atoms with Crippen molar-refractivity contribution in [2.75, 3.05) is 13.7 Å². The largest absolute Gasteiger partial charge is 0.487 e. The fourth-order valence-electron chi connectivity index (χ4n) is 2.57. The summed E-state index contributed by atoms with van der Waals surface area (Å²) >= 11 is 0. The van der Waals surface area contributed by atoms with Crippen molar-refractivity contribution in [3.63, 3.8) is 0 Å². The zero-order valence-corrected chi connectivity index (χ0v) is 16.1. The van der Waals surface area contributed by atoms with E-state index in [-0.39, 0.29) is 0 Å². The average molecular weight is 384 g/mol. The van der Waals surface area contributed by atoms with Crippen molar-refractivity contribution in [2.24, 2.45) is 5.16 Å². The van der Waals surface area contributed by atoms with Crippen molar-refractivity contribution < 1.29 is 14.3 Å². The highest BCUT2D eigenvalue weighted by atomic mass is 16.6. The lowest BCUT2D eigenvalue weighted by Gasteiger charge is -2.10. The van der Waals surface area contributed by atoms with E-state index in [4.69, 9.17) is 19.6 Å². The summed E-state index contributed by atoms with van der Waals surface area (Å²) in [5.74, 6) is 1.32. The van der Waals surface area contributed by atoms with Crippen LogP contribution < -0.4 is 9.47 Å². The minimum atomic E-state index is 0.299. The normalized spacial score (nSPS) is 10.6. The summed E-state index contributed by atoms with van der Waals surface area (Å²) in [6.45, 7) is 0.705. The van der Waals surface area contributed by atoms with E-state index in [0.29, 0.717) is 31.1 Å². The molecule has 0 spiro atoms. The molecule has 5 heteroatoms. The molecule has 0 unspecified atom stereocenters. The first-order chi connectivity index (χ1) is 14.3. The van der Waals surface area contributed by atoms with Crippen molar-refractivity contribution in [3.05, 3.63) is 95.6 Å². The molecule has 0 heterocycles. The highest BCUT2D eigenvalue weighted by Crippen LogP contribution is 2.15. The number of nitrogens with zero attached hydrogens (tertiary/aromatic N) is 2. The molecule has 0 N–H and O–H groups in total. The van der Waals surface area contributed by atoms with Crippen molar-refractivity contribution in [1.29, 1.82) is 5.26 Å².